The normalized spacial score (nSPS) is 24.7. The molecule has 1 N–H and O–H groups in total. The van der Waals surface area contributed by atoms with Crippen molar-refractivity contribution < 1.29 is 14.3 Å². The van der Waals surface area contributed by atoms with Crippen molar-refractivity contribution in [1.82, 2.24) is 19.7 Å². The Kier molecular flexibility index (Phi) is 7.24. The summed E-state index contributed by atoms with van der Waals surface area (Å²) in [6, 6.07) is 2.05. The molecule has 0 unspecified atom stereocenters. The maximum atomic E-state index is 13.1. The minimum Gasteiger partial charge on any atom is -0.378 e. The third-order valence-electron chi connectivity index (χ3n) is 5.90. The van der Waals surface area contributed by atoms with Crippen LogP contribution in [0, 0.1) is 18.8 Å². The smallest absolute Gasteiger partial charge is 0.274 e. The zero-order valence-corrected chi connectivity index (χ0v) is 18.3. The van der Waals surface area contributed by atoms with E-state index in [1.807, 2.05) is 17.4 Å². The monoisotopic (exact) mass is 402 g/mol. The van der Waals surface area contributed by atoms with E-state index in [-0.39, 0.29) is 18.1 Å². The molecule has 0 radical (unpaired) electrons. The Bertz CT molecular complexity index is 823. The van der Waals surface area contributed by atoms with Gasteiger partial charge in [0.15, 0.2) is 11.3 Å². The van der Waals surface area contributed by atoms with Gasteiger partial charge in [-0.15, -0.1) is 0 Å². The van der Waals surface area contributed by atoms with Gasteiger partial charge in [-0.05, 0) is 44.1 Å². The summed E-state index contributed by atoms with van der Waals surface area (Å²) in [6.45, 7) is 9.77. The van der Waals surface area contributed by atoms with Gasteiger partial charge in [-0.3, -0.25) is 9.20 Å². The number of carbonyl (C=O) groups is 1. The van der Waals surface area contributed by atoms with Crippen LogP contribution in [0.4, 0.5) is 0 Å². The number of unbranched alkanes of at least 4 members (excludes halogenated alkanes) is 1. The number of nitrogens with zero attached hydrogens (tertiary/aromatic N) is 3. The highest BCUT2D eigenvalue weighted by Gasteiger charge is 2.35. The molecule has 7 nitrogen and oxygen atoms in total. The summed E-state index contributed by atoms with van der Waals surface area (Å²) >= 11 is 0. The largest absolute Gasteiger partial charge is 0.378 e. The maximum Gasteiger partial charge on any atom is 0.274 e. The fourth-order valence-corrected chi connectivity index (χ4v) is 4.38. The minimum absolute atomic E-state index is 0.105. The molecular formula is C22H34N4O3. The average Bonchev–Trinajstić information content (AvgIpc) is 3.10. The van der Waals surface area contributed by atoms with Crippen LogP contribution in [0.5, 0.6) is 0 Å². The van der Waals surface area contributed by atoms with Gasteiger partial charge in [-0.1, -0.05) is 27.2 Å². The molecule has 1 fully saturated rings. The van der Waals surface area contributed by atoms with Gasteiger partial charge in [-0.2, -0.15) is 0 Å². The number of ether oxygens (including phenoxy) is 2. The highest BCUT2D eigenvalue weighted by Crippen LogP contribution is 2.31. The molecule has 4 atom stereocenters. The first-order valence-corrected chi connectivity index (χ1v) is 10.7. The van der Waals surface area contributed by atoms with Gasteiger partial charge in [-0.25, -0.2) is 9.97 Å². The number of aryl methyl sites for hydroxylation is 1. The molecule has 3 rings (SSSR count). The molecule has 29 heavy (non-hydrogen) atoms. The van der Waals surface area contributed by atoms with Gasteiger partial charge >= 0.3 is 0 Å². The Balaban J connectivity index is 1.71. The molecule has 1 saturated carbocycles. The van der Waals surface area contributed by atoms with Gasteiger partial charge in [0.1, 0.15) is 6.33 Å². The Morgan fingerprint density at radius 1 is 1.31 bits per heavy atom. The second kappa shape index (κ2) is 9.67. The number of hydrogen-bond donors (Lipinski definition) is 1. The van der Waals surface area contributed by atoms with Crippen molar-refractivity contribution in [1.29, 1.82) is 0 Å². The molecule has 7 heteroatoms. The number of rotatable bonds is 8. The van der Waals surface area contributed by atoms with Crippen LogP contribution in [0.1, 0.15) is 68.3 Å². The van der Waals surface area contributed by atoms with E-state index in [1.54, 1.807) is 13.4 Å². The number of aromatic nitrogens is 3. The van der Waals surface area contributed by atoms with Crippen LogP contribution in [0.3, 0.4) is 0 Å². The van der Waals surface area contributed by atoms with Crippen molar-refractivity contribution in [3.8, 4) is 0 Å². The Hall–Kier alpha value is -1.99. The van der Waals surface area contributed by atoms with E-state index >= 15 is 0 Å². The first-order valence-electron chi connectivity index (χ1n) is 10.7. The number of hydrogen-bond acceptors (Lipinski definition) is 5. The third-order valence-corrected chi connectivity index (χ3v) is 5.90. The molecule has 0 saturated heterocycles. The molecule has 2 aromatic rings. The minimum atomic E-state index is -0.164. The summed E-state index contributed by atoms with van der Waals surface area (Å²) in [4.78, 5) is 22.0. The van der Waals surface area contributed by atoms with E-state index in [1.165, 1.54) is 0 Å². The lowest BCUT2D eigenvalue weighted by molar-refractivity contribution is -0.0116. The van der Waals surface area contributed by atoms with Gasteiger partial charge in [0.05, 0.1) is 18.4 Å². The molecule has 0 aromatic carbocycles. The van der Waals surface area contributed by atoms with Gasteiger partial charge < -0.3 is 14.8 Å². The maximum absolute atomic E-state index is 13.1. The lowest BCUT2D eigenvalue weighted by Crippen LogP contribution is -2.49. The number of fused-ring (bicyclic) bond motifs is 1. The quantitative estimate of drug-likeness (QED) is 0.684. The molecule has 1 aliphatic rings. The summed E-state index contributed by atoms with van der Waals surface area (Å²) in [5.74, 6) is 0.534. The fraction of sp³-hybridized carbons (Fsp3) is 0.682. The first kappa shape index (κ1) is 21.7. The van der Waals surface area contributed by atoms with Crippen LogP contribution in [-0.4, -0.2) is 46.1 Å². The lowest BCUT2D eigenvalue weighted by Gasteiger charge is -2.39. The van der Waals surface area contributed by atoms with Gasteiger partial charge in [0, 0.05) is 25.5 Å². The van der Waals surface area contributed by atoms with Crippen LogP contribution in [0.2, 0.25) is 0 Å². The predicted octanol–water partition coefficient (Wildman–Crippen LogP) is 3.53. The third kappa shape index (κ3) is 4.95. The van der Waals surface area contributed by atoms with Crippen molar-refractivity contribution in [2.45, 2.75) is 72.1 Å². The van der Waals surface area contributed by atoms with E-state index in [9.17, 15) is 4.79 Å². The van der Waals surface area contributed by atoms with Crippen LogP contribution in [0.25, 0.3) is 5.65 Å². The Morgan fingerprint density at radius 3 is 2.69 bits per heavy atom. The standard InChI is InChI=1S/C22H34N4O3/c1-6-7-8-29-18-9-14(2)19(15(3)10-18)25-22(27)20-21-24-17(12-28-5)11-16(4)26(21)13-23-20/h11,13-15,18-19H,6-10,12H2,1-5H3,(H,25,27)/t14-,15+,18+,19-. The number of carbonyl (C=O) groups excluding carboxylic acids is 1. The highest BCUT2D eigenvalue weighted by atomic mass is 16.5. The fourth-order valence-electron chi connectivity index (χ4n) is 4.38. The first-order chi connectivity index (χ1) is 13.9. The van der Waals surface area contributed by atoms with Crippen molar-refractivity contribution in [3.63, 3.8) is 0 Å². The molecule has 1 aliphatic carbocycles. The van der Waals surface area contributed by atoms with Crippen LogP contribution in [-0.2, 0) is 16.1 Å². The number of methoxy groups -OCH3 is 1. The van der Waals surface area contributed by atoms with Gasteiger partial charge in [0.2, 0.25) is 0 Å². The van der Waals surface area contributed by atoms with E-state index in [0.29, 0.717) is 29.8 Å². The number of imidazole rings is 1. The SMILES string of the molecule is CCCCO[C@H]1C[C@@H](C)[C@@H](NC(=O)c2ncn3c(C)cc(COC)nc23)[C@@H](C)C1. The summed E-state index contributed by atoms with van der Waals surface area (Å²) in [5.41, 5.74) is 2.71. The average molecular weight is 403 g/mol. The lowest BCUT2D eigenvalue weighted by atomic mass is 9.77. The van der Waals surface area contributed by atoms with Crippen LogP contribution in [0.15, 0.2) is 12.4 Å². The summed E-state index contributed by atoms with van der Waals surface area (Å²) in [6.07, 6.45) is 6.14. The summed E-state index contributed by atoms with van der Waals surface area (Å²) < 4.78 is 13.1. The second-order valence-electron chi connectivity index (χ2n) is 8.38. The van der Waals surface area contributed by atoms with E-state index < -0.39 is 0 Å². The van der Waals surface area contributed by atoms with Crippen molar-refractivity contribution in [2.24, 2.45) is 11.8 Å². The molecule has 0 bridgehead atoms. The zero-order chi connectivity index (χ0) is 21.0. The number of amides is 1. The molecule has 0 spiro atoms. The van der Waals surface area contributed by atoms with Crippen LogP contribution < -0.4 is 5.32 Å². The molecule has 160 valence electrons. The van der Waals surface area contributed by atoms with Crippen LogP contribution >= 0.6 is 0 Å². The van der Waals surface area contributed by atoms with E-state index in [4.69, 9.17) is 9.47 Å². The Labute approximate surface area is 173 Å². The van der Waals surface area contributed by atoms with E-state index in [2.05, 4.69) is 36.1 Å². The molecule has 0 aliphatic heterocycles. The van der Waals surface area contributed by atoms with Crippen molar-refractivity contribution in [3.05, 3.63) is 29.5 Å². The van der Waals surface area contributed by atoms with Gasteiger partial charge in [0.25, 0.3) is 5.91 Å². The van der Waals surface area contributed by atoms with Crippen molar-refractivity contribution >= 4 is 11.6 Å². The molecule has 2 heterocycles. The highest BCUT2D eigenvalue weighted by molar-refractivity contribution is 5.98. The molecule has 1 amide bonds. The Morgan fingerprint density at radius 2 is 2.03 bits per heavy atom. The predicted molar refractivity (Wildman–Crippen MR) is 112 cm³/mol. The number of nitrogens with one attached hydrogen (secondary N) is 1. The molecular weight excluding hydrogens is 368 g/mol. The van der Waals surface area contributed by atoms with Crippen molar-refractivity contribution in [2.75, 3.05) is 13.7 Å². The summed E-state index contributed by atoms with van der Waals surface area (Å²) in [7, 11) is 1.64. The van der Waals surface area contributed by atoms with E-state index in [0.717, 1.165) is 43.7 Å². The zero-order valence-electron chi connectivity index (χ0n) is 18.3. The molecule has 2 aromatic heterocycles. The topological polar surface area (TPSA) is 77.8 Å². The second-order valence-corrected chi connectivity index (χ2v) is 8.38. The summed E-state index contributed by atoms with van der Waals surface area (Å²) in [5, 5.41) is 3.23.